The Hall–Kier alpha value is -3.81. The van der Waals surface area contributed by atoms with Crippen molar-refractivity contribution in [3.05, 3.63) is 83.4 Å². The van der Waals surface area contributed by atoms with Gasteiger partial charge in [-0.15, -0.1) is 0 Å². The first-order valence-electron chi connectivity index (χ1n) is 10.3. The molecule has 1 atom stereocenters. The summed E-state index contributed by atoms with van der Waals surface area (Å²) in [6.45, 7) is 2.80. The maximum Gasteiger partial charge on any atom is 0.261 e. The highest BCUT2D eigenvalue weighted by atomic mass is 16.2. The van der Waals surface area contributed by atoms with Crippen LogP contribution in [0.2, 0.25) is 0 Å². The lowest BCUT2D eigenvalue weighted by molar-refractivity contribution is 0.0652. The van der Waals surface area contributed by atoms with Gasteiger partial charge in [0.15, 0.2) is 0 Å². The molecule has 0 saturated heterocycles. The number of unbranched alkanes of at least 4 members (excludes halogenated alkanes) is 1. The van der Waals surface area contributed by atoms with Gasteiger partial charge < -0.3 is 5.32 Å². The zero-order chi connectivity index (χ0) is 21.8. The van der Waals surface area contributed by atoms with Crippen LogP contribution in [0.25, 0.3) is 0 Å². The molecule has 1 N–H and O–H groups in total. The number of benzene rings is 2. The van der Waals surface area contributed by atoms with Gasteiger partial charge in [-0.05, 0) is 30.2 Å². The van der Waals surface area contributed by atoms with Gasteiger partial charge in [0.2, 0.25) is 0 Å². The van der Waals surface area contributed by atoms with Crippen molar-refractivity contribution in [1.82, 2.24) is 25.0 Å². The smallest absolute Gasteiger partial charge is 0.261 e. The lowest BCUT2D eigenvalue weighted by atomic mass is 10.0. The van der Waals surface area contributed by atoms with Gasteiger partial charge in [0.1, 0.15) is 12.7 Å². The second kappa shape index (κ2) is 8.91. The molecule has 31 heavy (non-hydrogen) atoms. The Labute approximate surface area is 179 Å². The Morgan fingerprint density at radius 2 is 1.84 bits per heavy atom. The summed E-state index contributed by atoms with van der Waals surface area (Å²) in [6, 6.07) is 13.9. The molecule has 0 saturated carbocycles. The summed E-state index contributed by atoms with van der Waals surface area (Å²) >= 11 is 0. The van der Waals surface area contributed by atoms with E-state index < -0.39 is 0 Å². The van der Waals surface area contributed by atoms with Crippen LogP contribution in [0.5, 0.6) is 0 Å². The van der Waals surface area contributed by atoms with Crippen molar-refractivity contribution in [3.8, 4) is 0 Å². The van der Waals surface area contributed by atoms with Crippen molar-refractivity contribution in [2.45, 2.75) is 32.4 Å². The predicted molar refractivity (Wildman–Crippen MR) is 113 cm³/mol. The average Bonchev–Trinajstić information content (AvgIpc) is 3.39. The van der Waals surface area contributed by atoms with Crippen molar-refractivity contribution in [1.29, 1.82) is 0 Å². The molecule has 0 fully saturated rings. The van der Waals surface area contributed by atoms with E-state index in [4.69, 9.17) is 0 Å². The molecule has 8 nitrogen and oxygen atoms in total. The molecular weight excluding hydrogens is 394 g/mol. The third kappa shape index (κ3) is 4.23. The van der Waals surface area contributed by atoms with Crippen LogP contribution in [0.4, 0.5) is 0 Å². The van der Waals surface area contributed by atoms with Crippen molar-refractivity contribution >= 4 is 17.7 Å². The third-order valence-corrected chi connectivity index (χ3v) is 5.31. The highest BCUT2D eigenvalue weighted by molar-refractivity contribution is 6.22. The van der Waals surface area contributed by atoms with E-state index in [1.807, 2.05) is 37.3 Å². The first-order chi connectivity index (χ1) is 15.1. The minimum atomic E-state index is -0.345. The number of hydrogen-bond acceptors (Lipinski definition) is 5. The number of nitrogens with one attached hydrogen (secondary N) is 1. The molecule has 0 aliphatic carbocycles. The van der Waals surface area contributed by atoms with Gasteiger partial charge in [0.05, 0.1) is 23.7 Å². The number of rotatable bonds is 8. The maximum atomic E-state index is 13.0. The maximum absolute atomic E-state index is 13.0. The average molecular weight is 417 g/mol. The normalized spacial score (nSPS) is 13.9. The predicted octanol–water partition coefficient (Wildman–Crippen LogP) is 2.85. The zero-order valence-corrected chi connectivity index (χ0v) is 17.2. The molecule has 4 rings (SSSR count). The molecule has 1 aliphatic heterocycles. The van der Waals surface area contributed by atoms with E-state index in [0.29, 0.717) is 24.2 Å². The highest BCUT2D eigenvalue weighted by Crippen LogP contribution is 2.25. The quantitative estimate of drug-likeness (QED) is 0.569. The van der Waals surface area contributed by atoms with Crippen LogP contribution >= 0.6 is 0 Å². The largest absolute Gasteiger partial charge is 0.343 e. The lowest BCUT2D eigenvalue weighted by Crippen LogP contribution is -2.32. The minimum absolute atomic E-state index is 0.279. The fraction of sp³-hybridized carbons (Fsp3) is 0.261. The molecule has 8 heteroatoms. The first kappa shape index (κ1) is 20.5. The second-order valence-electron chi connectivity index (χ2n) is 7.43. The van der Waals surface area contributed by atoms with Gasteiger partial charge in [-0.2, -0.15) is 5.10 Å². The van der Waals surface area contributed by atoms with Crippen LogP contribution in [-0.2, 0) is 6.54 Å². The van der Waals surface area contributed by atoms with Crippen molar-refractivity contribution in [2.75, 3.05) is 6.54 Å². The van der Waals surface area contributed by atoms with Crippen molar-refractivity contribution < 1.29 is 14.4 Å². The third-order valence-electron chi connectivity index (χ3n) is 5.31. The number of fused-ring (bicyclic) bond motifs is 1. The van der Waals surface area contributed by atoms with E-state index in [1.165, 1.54) is 17.3 Å². The molecule has 1 aromatic heterocycles. The zero-order valence-electron chi connectivity index (χ0n) is 17.2. The Morgan fingerprint density at radius 1 is 1.06 bits per heavy atom. The molecule has 158 valence electrons. The van der Waals surface area contributed by atoms with Crippen molar-refractivity contribution in [3.63, 3.8) is 0 Å². The van der Waals surface area contributed by atoms with E-state index in [1.54, 1.807) is 23.1 Å². The molecule has 2 heterocycles. The van der Waals surface area contributed by atoms with Gasteiger partial charge in [0.25, 0.3) is 17.7 Å². The number of carbonyl (C=O) groups excluding carboxylic acids is 3. The van der Waals surface area contributed by atoms with E-state index in [9.17, 15) is 14.4 Å². The Bertz CT molecular complexity index is 1100. The molecule has 0 radical (unpaired) electrons. The summed E-state index contributed by atoms with van der Waals surface area (Å²) in [5.74, 6) is -0.969. The fourth-order valence-corrected chi connectivity index (χ4v) is 3.63. The second-order valence-corrected chi connectivity index (χ2v) is 7.43. The molecule has 3 aromatic rings. The van der Waals surface area contributed by atoms with E-state index in [-0.39, 0.29) is 29.3 Å². The number of carbonyl (C=O) groups is 3. The van der Waals surface area contributed by atoms with Crippen molar-refractivity contribution in [2.24, 2.45) is 0 Å². The highest BCUT2D eigenvalue weighted by Gasteiger charge is 2.35. The van der Waals surface area contributed by atoms with Crippen LogP contribution in [0.15, 0.2) is 61.2 Å². The molecule has 1 aliphatic rings. The van der Waals surface area contributed by atoms with E-state index >= 15 is 0 Å². The lowest BCUT2D eigenvalue weighted by Gasteiger charge is -2.19. The number of aromatic nitrogens is 3. The number of amides is 3. The summed E-state index contributed by atoms with van der Waals surface area (Å²) in [5.41, 5.74) is 1.88. The molecular formula is C23H23N5O3. The Morgan fingerprint density at radius 3 is 2.55 bits per heavy atom. The molecule has 0 spiro atoms. The van der Waals surface area contributed by atoms with E-state index in [0.717, 1.165) is 18.4 Å². The summed E-state index contributed by atoms with van der Waals surface area (Å²) in [7, 11) is 0. The Balaban J connectivity index is 1.56. The van der Waals surface area contributed by atoms with Gasteiger partial charge in [-0.3, -0.25) is 24.0 Å². The van der Waals surface area contributed by atoms with Gasteiger partial charge in [-0.1, -0.05) is 43.7 Å². The van der Waals surface area contributed by atoms with Crippen LogP contribution in [0.3, 0.4) is 0 Å². The van der Waals surface area contributed by atoms with Crippen LogP contribution in [-0.4, -0.2) is 43.9 Å². The monoisotopic (exact) mass is 417 g/mol. The number of nitrogens with zero attached hydrogens (tertiary/aromatic N) is 4. The topological polar surface area (TPSA) is 97.2 Å². The van der Waals surface area contributed by atoms with Gasteiger partial charge in [0, 0.05) is 12.1 Å². The molecule has 1 unspecified atom stereocenters. The van der Waals surface area contributed by atoms with Gasteiger partial charge >= 0.3 is 0 Å². The fourth-order valence-electron chi connectivity index (χ4n) is 3.63. The molecule has 2 aromatic carbocycles. The number of hydrogen-bond donors (Lipinski definition) is 1. The summed E-state index contributed by atoms with van der Waals surface area (Å²) in [5, 5.41) is 7.14. The number of imide groups is 1. The first-order valence-corrected chi connectivity index (χ1v) is 10.3. The van der Waals surface area contributed by atoms with E-state index in [2.05, 4.69) is 15.4 Å². The van der Waals surface area contributed by atoms with Crippen LogP contribution in [0.1, 0.15) is 62.4 Å². The van der Waals surface area contributed by atoms with Crippen LogP contribution in [0, 0.1) is 0 Å². The standard InChI is InChI=1S/C23H23N5O3/c1-2-3-11-28-22(30)18-10-9-17(12-19(18)23(28)31)21(29)26-20(13-27-15-24-14-25-27)16-7-5-4-6-8-16/h4-10,12,14-15,20H,2-3,11,13H2,1H3,(H,26,29). The Kier molecular flexibility index (Phi) is 5.88. The van der Waals surface area contributed by atoms with Crippen LogP contribution < -0.4 is 5.32 Å². The molecule has 0 bridgehead atoms. The minimum Gasteiger partial charge on any atom is -0.343 e. The SMILES string of the molecule is CCCCN1C(=O)c2ccc(C(=O)NC(Cn3cncn3)c3ccccc3)cc2C1=O. The van der Waals surface area contributed by atoms with Gasteiger partial charge in [-0.25, -0.2) is 4.98 Å². The summed E-state index contributed by atoms with van der Waals surface area (Å²) in [4.78, 5) is 43.5. The summed E-state index contributed by atoms with van der Waals surface area (Å²) < 4.78 is 1.65. The molecule has 3 amide bonds. The summed E-state index contributed by atoms with van der Waals surface area (Å²) in [6.07, 6.45) is 4.66.